The molecule has 2 aromatic heterocycles. The van der Waals surface area contributed by atoms with Gasteiger partial charge < -0.3 is 5.32 Å². The number of nitrogens with zero attached hydrogens (tertiary/aromatic N) is 5. The largest absolute Gasteiger partial charge is 0.305 e. The van der Waals surface area contributed by atoms with E-state index in [-0.39, 0.29) is 11.6 Å². The molecule has 128 valence electrons. The number of nitro benzene ring substituents is 1. The van der Waals surface area contributed by atoms with Gasteiger partial charge in [0, 0.05) is 25.2 Å². The molecule has 0 saturated heterocycles. The quantitative estimate of drug-likeness (QED) is 0.579. The lowest BCUT2D eigenvalue weighted by atomic mass is 10.3. The number of carbonyl (C=O) groups excluding carboxylic acids is 1. The molecule has 3 rings (SSSR count). The molecule has 0 radical (unpaired) electrons. The van der Waals surface area contributed by atoms with Gasteiger partial charge in [0.15, 0.2) is 0 Å². The van der Waals surface area contributed by atoms with Crippen LogP contribution in [0.5, 0.6) is 0 Å². The minimum atomic E-state index is -0.467. The second-order valence-corrected chi connectivity index (χ2v) is 5.60. The van der Waals surface area contributed by atoms with Gasteiger partial charge in [0.1, 0.15) is 11.5 Å². The zero-order valence-electron chi connectivity index (χ0n) is 13.9. The van der Waals surface area contributed by atoms with Gasteiger partial charge in [0.2, 0.25) is 0 Å². The predicted molar refractivity (Wildman–Crippen MR) is 90.9 cm³/mol. The fourth-order valence-electron chi connectivity index (χ4n) is 2.50. The lowest BCUT2D eigenvalue weighted by Gasteiger charge is -2.09. The van der Waals surface area contributed by atoms with Gasteiger partial charge in [-0.3, -0.25) is 19.6 Å². The Labute approximate surface area is 143 Å². The van der Waals surface area contributed by atoms with E-state index >= 15 is 0 Å². The molecule has 0 spiro atoms. The van der Waals surface area contributed by atoms with E-state index in [0.717, 1.165) is 5.69 Å². The summed E-state index contributed by atoms with van der Waals surface area (Å²) in [6, 6.07) is 9.35. The van der Waals surface area contributed by atoms with Gasteiger partial charge in [-0.05, 0) is 32.0 Å². The van der Waals surface area contributed by atoms with Gasteiger partial charge in [-0.1, -0.05) is 0 Å². The summed E-state index contributed by atoms with van der Waals surface area (Å²) in [5, 5.41) is 22.1. The molecule has 0 aliphatic carbocycles. The zero-order chi connectivity index (χ0) is 18.1. The van der Waals surface area contributed by atoms with E-state index in [1.807, 2.05) is 6.92 Å². The summed E-state index contributed by atoms with van der Waals surface area (Å²) < 4.78 is 3.03. The number of aromatic nitrogens is 4. The number of nitro groups is 1. The molecule has 0 saturated carbocycles. The minimum absolute atomic E-state index is 0.0106. The summed E-state index contributed by atoms with van der Waals surface area (Å²) in [5.41, 5.74) is 2.47. The van der Waals surface area contributed by atoms with Crippen molar-refractivity contribution in [2.24, 2.45) is 7.05 Å². The van der Waals surface area contributed by atoms with Crippen LogP contribution < -0.4 is 5.32 Å². The Morgan fingerprint density at radius 1 is 1.12 bits per heavy atom. The first-order valence-electron chi connectivity index (χ1n) is 7.48. The fourth-order valence-corrected chi connectivity index (χ4v) is 2.50. The molecule has 1 N–H and O–H groups in total. The highest BCUT2D eigenvalue weighted by atomic mass is 16.6. The highest BCUT2D eigenvalue weighted by Gasteiger charge is 2.16. The third-order valence-corrected chi connectivity index (χ3v) is 3.61. The first kappa shape index (κ1) is 16.4. The molecule has 1 amide bonds. The van der Waals surface area contributed by atoms with E-state index in [0.29, 0.717) is 22.9 Å². The van der Waals surface area contributed by atoms with Gasteiger partial charge in [0.25, 0.3) is 11.6 Å². The number of amides is 1. The Balaban J connectivity index is 1.92. The molecule has 2 heterocycles. The second-order valence-electron chi connectivity index (χ2n) is 5.60. The summed E-state index contributed by atoms with van der Waals surface area (Å²) in [6.07, 6.45) is 0. The summed E-state index contributed by atoms with van der Waals surface area (Å²) >= 11 is 0. The number of non-ortho nitro benzene ring substituents is 1. The summed E-state index contributed by atoms with van der Waals surface area (Å²) in [6.45, 7) is 3.60. The van der Waals surface area contributed by atoms with Crippen molar-refractivity contribution in [1.29, 1.82) is 0 Å². The standard InChI is InChI=1S/C16H16N6O3/c1-10-8-14(20(3)18-10)16(23)17-15-9-11(2)19-21(15)12-4-6-13(7-5-12)22(24)25/h4-9H,1-3H3,(H,17,23). The molecule has 0 atom stereocenters. The summed E-state index contributed by atoms with van der Waals surface area (Å²) in [7, 11) is 1.70. The first-order valence-corrected chi connectivity index (χ1v) is 7.48. The Morgan fingerprint density at radius 2 is 1.76 bits per heavy atom. The average Bonchev–Trinajstić information content (AvgIpc) is 3.09. The van der Waals surface area contributed by atoms with E-state index in [4.69, 9.17) is 0 Å². The molecule has 1 aromatic carbocycles. The number of aryl methyl sites for hydroxylation is 3. The van der Waals surface area contributed by atoms with Crippen molar-refractivity contribution in [3.63, 3.8) is 0 Å². The van der Waals surface area contributed by atoms with Crippen LogP contribution in [0.3, 0.4) is 0 Å². The molecular weight excluding hydrogens is 324 g/mol. The van der Waals surface area contributed by atoms with Gasteiger partial charge >= 0.3 is 0 Å². The van der Waals surface area contributed by atoms with Gasteiger partial charge in [-0.2, -0.15) is 10.2 Å². The van der Waals surface area contributed by atoms with E-state index in [1.54, 1.807) is 38.2 Å². The molecule has 3 aromatic rings. The predicted octanol–water partition coefficient (Wildman–Crippen LogP) is 2.38. The Kier molecular flexibility index (Phi) is 4.05. The molecule has 0 bridgehead atoms. The van der Waals surface area contributed by atoms with Crippen molar-refractivity contribution in [2.75, 3.05) is 5.32 Å². The molecule has 25 heavy (non-hydrogen) atoms. The number of hydrogen-bond acceptors (Lipinski definition) is 5. The van der Waals surface area contributed by atoms with E-state index in [2.05, 4.69) is 15.5 Å². The topological polar surface area (TPSA) is 108 Å². The minimum Gasteiger partial charge on any atom is -0.305 e. The van der Waals surface area contributed by atoms with Crippen molar-refractivity contribution in [2.45, 2.75) is 13.8 Å². The van der Waals surface area contributed by atoms with Crippen molar-refractivity contribution < 1.29 is 9.72 Å². The number of rotatable bonds is 4. The average molecular weight is 340 g/mol. The van der Waals surface area contributed by atoms with Gasteiger partial charge in [-0.15, -0.1) is 0 Å². The summed E-state index contributed by atoms with van der Waals surface area (Å²) in [5.74, 6) is 0.154. The van der Waals surface area contributed by atoms with Crippen LogP contribution in [0.4, 0.5) is 11.5 Å². The van der Waals surface area contributed by atoms with E-state index in [9.17, 15) is 14.9 Å². The number of benzene rings is 1. The third-order valence-electron chi connectivity index (χ3n) is 3.61. The summed E-state index contributed by atoms with van der Waals surface area (Å²) in [4.78, 5) is 22.8. The number of carbonyl (C=O) groups is 1. The highest BCUT2D eigenvalue weighted by molar-refractivity contribution is 6.02. The SMILES string of the molecule is Cc1cc(C(=O)Nc2cc(C)nn2-c2ccc([N+](=O)[O-])cc2)n(C)n1. The lowest BCUT2D eigenvalue weighted by Crippen LogP contribution is -2.18. The van der Waals surface area contributed by atoms with Crippen molar-refractivity contribution in [3.05, 3.63) is 63.6 Å². The molecule has 0 aliphatic rings. The van der Waals surface area contributed by atoms with E-state index in [1.165, 1.54) is 21.5 Å². The molecule has 9 nitrogen and oxygen atoms in total. The van der Waals surface area contributed by atoms with Crippen LogP contribution in [-0.4, -0.2) is 30.4 Å². The van der Waals surface area contributed by atoms with Crippen LogP contribution in [0.2, 0.25) is 0 Å². The fraction of sp³-hybridized carbons (Fsp3) is 0.188. The second kappa shape index (κ2) is 6.19. The molecular formula is C16H16N6O3. The van der Waals surface area contributed by atoms with Crippen LogP contribution in [0, 0.1) is 24.0 Å². The molecule has 0 aliphatic heterocycles. The van der Waals surface area contributed by atoms with Crippen molar-refractivity contribution >= 4 is 17.4 Å². The Hall–Kier alpha value is -3.49. The Morgan fingerprint density at radius 3 is 2.32 bits per heavy atom. The van der Waals surface area contributed by atoms with Crippen LogP contribution in [-0.2, 0) is 7.05 Å². The third kappa shape index (κ3) is 3.25. The number of anilines is 1. The smallest absolute Gasteiger partial charge is 0.275 e. The first-order chi connectivity index (χ1) is 11.8. The number of nitrogens with one attached hydrogen (secondary N) is 1. The highest BCUT2D eigenvalue weighted by Crippen LogP contribution is 2.20. The van der Waals surface area contributed by atoms with Gasteiger partial charge in [-0.25, -0.2) is 4.68 Å². The van der Waals surface area contributed by atoms with Crippen molar-refractivity contribution in [1.82, 2.24) is 19.6 Å². The lowest BCUT2D eigenvalue weighted by molar-refractivity contribution is -0.384. The monoisotopic (exact) mass is 340 g/mol. The van der Waals surface area contributed by atoms with Crippen LogP contribution >= 0.6 is 0 Å². The maximum absolute atomic E-state index is 12.5. The number of hydrogen-bond donors (Lipinski definition) is 1. The molecule has 9 heteroatoms. The maximum Gasteiger partial charge on any atom is 0.275 e. The van der Waals surface area contributed by atoms with Crippen LogP contribution in [0.1, 0.15) is 21.9 Å². The van der Waals surface area contributed by atoms with Gasteiger partial charge in [0.05, 0.1) is 22.0 Å². The van der Waals surface area contributed by atoms with Crippen LogP contribution in [0.15, 0.2) is 36.4 Å². The molecule has 0 fully saturated rings. The maximum atomic E-state index is 12.5. The van der Waals surface area contributed by atoms with Crippen LogP contribution in [0.25, 0.3) is 5.69 Å². The van der Waals surface area contributed by atoms with E-state index < -0.39 is 4.92 Å². The normalized spacial score (nSPS) is 10.7. The zero-order valence-corrected chi connectivity index (χ0v) is 13.9. The Bertz CT molecular complexity index is 955. The molecule has 0 unspecified atom stereocenters. The van der Waals surface area contributed by atoms with Crippen molar-refractivity contribution in [3.8, 4) is 5.69 Å².